The first-order valence-corrected chi connectivity index (χ1v) is 4.30. The summed E-state index contributed by atoms with van der Waals surface area (Å²) in [5, 5.41) is 0. The molecule has 78 valence electrons. The first-order chi connectivity index (χ1) is 6.61. The van der Waals surface area contributed by atoms with Crippen molar-refractivity contribution in [3.8, 4) is 0 Å². The largest absolute Gasteiger partial charge is 0.469 e. The van der Waals surface area contributed by atoms with Crippen LogP contribution in [-0.4, -0.2) is 31.9 Å². The second-order valence-electron chi connectivity index (χ2n) is 3.14. The molecule has 0 bridgehead atoms. The van der Waals surface area contributed by atoms with Crippen LogP contribution in [0, 0.1) is 11.8 Å². The number of methoxy groups -OCH3 is 2. The number of ketones is 1. The highest BCUT2D eigenvalue weighted by atomic mass is 16.5. The molecule has 0 amide bonds. The zero-order valence-corrected chi connectivity index (χ0v) is 8.11. The van der Waals surface area contributed by atoms with Crippen LogP contribution in [0.5, 0.6) is 0 Å². The van der Waals surface area contributed by atoms with Crippen molar-refractivity contribution in [3.05, 3.63) is 0 Å². The standard InChI is InChI=1S/C9H12O5/c1-13-8(11)5-3-4-6(10)7(5)9(12)14-2/h5,7H,3-4H2,1-2H3/t5-,7+/m1/s1. The van der Waals surface area contributed by atoms with Crippen LogP contribution in [0.1, 0.15) is 12.8 Å². The molecule has 0 aliphatic heterocycles. The lowest BCUT2D eigenvalue weighted by atomic mass is 9.96. The monoisotopic (exact) mass is 200 g/mol. The minimum absolute atomic E-state index is 0.236. The summed E-state index contributed by atoms with van der Waals surface area (Å²) in [6.45, 7) is 0. The van der Waals surface area contributed by atoms with E-state index in [4.69, 9.17) is 0 Å². The van der Waals surface area contributed by atoms with E-state index in [1.165, 1.54) is 14.2 Å². The first kappa shape index (κ1) is 10.7. The summed E-state index contributed by atoms with van der Waals surface area (Å²) in [6.07, 6.45) is 0.602. The molecular weight excluding hydrogens is 188 g/mol. The summed E-state index contributed by atoms with van der Waals surface area (Å²) in [7, 11) is 2.43. The molecule has 0 N–H and O–H groups in total. The van der Waals surface area contributed by atoms with Gasteiger partial charge in [-0.1, -0.05) is 0 Å². The number of hydrogen-bond donors (Lipinski definition) is 0. The van der Waals surface area contributed by atoms with Gasteiger partial charge < -0.3 is 9.47 Å². The summed E-state index contributed by atoms with van der Waals surface area (Å²) in [4.78, 5) is 33.7. The second kappa shape index (κ2) is 4.21. The number of Topliss-reactive ketones (excluding diaryl/α,β-unsaturated/α-hetero) is 1. The van der Waals surface area contributed by atoms with Crippen LogP contribution in [-0.2, 0) is 23.9 Å². The Bertz CT molecular complexity index is 270. The van der Waals surface area contributed by atoms with Crippen molar-refractivity contribution in [3.63, 3.8) is 0 Å². The van der Waals surface area contributed by atoms with Gasteiger partial charge in [-0.05, 0) is 6.42 Å². The summed E-state index contributed by atoms with van der Waals surface area (Å²) >= 11 is 0. The van der Waals surface area contributed by atoms with Crippen LogP contribution in [0.2, 0.25) is 0 Å². The van der Waals surface area contributed by atoms with Crippen LogP contribution in [0.15, 0.2) is 0 Å². The van der Waals surface area contributed by atoms with E-state index in [0.29, 0.717) is 6.42 Å². The third-order valence-corrected chi connectivity index (χ3v) is 2.41. The average molecular weight is 200 g/mol. The minimum atomic E-state index is -0.965. The van der Waals surface area contributed by atoms with Gasteiger partial charge in [0.15, 0.2) is 0 Å². The van der Waals surface area contributed by atoms with Gasteiger partial charge in [0.25, 0.3) is 0 Å². The van der Waals surface area contributed by atoms with Gasteiger partial charge in [0.2, 0.25) is 0 Å². The fraction of sp³-hybridized carbons (Fsp3) is 0.667. The topological polar surface area (TPSA) is 69.7 Å². The van der Waals surface area contributed by atoms with E-state index in [2.05, 4.69) is 9.47 Å². The van der Waals surface area contributed by atoms with Crippen LogP contribution in [0.4, 0.5) is 0 Å². The summed E-state index contributed by atoms with van der Waals surface area (Å²) in [5.41, 5.74) is 0. The van der Waals surface area contributed by atoms with Gasteiger partial charge in [0, 0.05) is 6.42 Å². The maximum Gasteiger partial charge on any atom is 0.317 e. The normalized spacial score (nSPS) is 26.0. The molecule has 5 nitrogen and oxygen atoms in total. The van der Waals surface area contributed by atoms with Gasteiger partial charge in [-0.2, -0.15) is 0 Å². The SMILES string of the molecule is COC(=O)[C@@H]1C(=O)CC[C@H]1C(=O)OC. The Labute approximate surface area is 81.4 Å². The van der Waals surface area contributed by atoms with E-state index < -0.39 is 23.8 Å². The van der Waals surface area contributed by atoms with E-state index in [0.717, 1.165) is 0 Å². The molecule has 0 saturated heterocycles. The van der Waals surface area contributed by atoms with Crippen LogP contribution >= 0.6 is 0 Å². The second-order valence-corrected chi connectivity index (χ2v) is 3.14. The predicted molar refractivity (Wildman–Crippen MR) is 45.3 cm³/mol. The Hall–Kier alpha value is -1.39. The molecule has 14 heavy (non-hydrogen) atoms. The molecular formula is C9H12O5. The Balaban J connectivity index is 2.81. The maximum absolute atomic E-state index is 11.3. The summed E-state index contributed by atoms with van der Waals surface area (Å²) in [5.74, 6) is -3.05. The van der Waals surface area contributed by atoms with E-state index in [-0.39, 0.29) is 12.2 Å². The number of rotatable bonds is 2. The highest BCUT2D eigenvalue weighted by molar-refractivity contribution is 6.04. The lowest BCUT2D eigenvalue weighted by Crippen LogP contribution is -2.31. The third-order valence-electron chi connectivity index (χ3n) is 2.41. The number of hydrogen-bond acceptors (Lipinski definition) is 5. The zero-order valence-electron chi connectivity index (χ0n) is 8.11. The van der Waals surface area contributed by atoms with Crippen molar-refractivity contribution in [1.82, 2.24) is 0 Å². The number of carbonyl (C=O) groups excluding carboxylic acids is 3. The average Bonchev–Trinajstić information content (AvgIpc) is 2.58. The molecule has 0 unspecified atom stereocenters. The molecule has 0 aromatic heterocycles. The summed E-state index contributed by atoms with van der Waals surface area (Å²) < 4.78 is 8.97. The molecule has 1 rings (SSSR count). The summed E-state index contributed by atoms with van der Waals surface area (Å²) in [6, 6.07) is 0. The number of ether oxygens (including phenoxy) is 2. The van der Waals surface area contributed by atoms with Gasteiger partial charge in [-0.3, -0.25) is 14.4 Å². The maximum atomic E-state index is 11.3. The molecule has 0 spiro atoms. The van der Waals surface area contributed by atoms with Gasteiger partial charge in [-0.25, -0.2) is 0 Å². The van der Waals surface area contributed by atoms with E-state index in [9.17, 15) is 14.4 Å². The molecule has 1 aliphatic rings. The molecule has 0 aromatic rings. The zero-order chi connectivity index (χ0) is 10.7. The lowest BCUT2D eigenvalue weighted by Gasteiger charge is -2.13. The van der Waals surface area contributed by atoms with Gasteiger partial charge in [-0.15, -0.1) is 0 Å². The van der Waals surface area contributed by atoms with Crippen molar-refractivity contribution < 1.29 is 23.9 Å². The minimum Gasteiger partial charge on any atom is -0.469 e. The predicted octanol–water partition coefficient (Wildman–Crippen LogP) is -0.0723. The number of esters is 2. The highest BCUT2D eigenvalue weighted by Gasteiger charge is 2.45. The molecule has 0 heterocycles. The van der Waals surface area contributed by atoms with Crippen molar-refractivity contribution in [2.75, 3.05) is 14.2 Å². The molecule has 1 aliphatic carbocycles. The van der Waals surface area contributed by atoms with Gasteiger partial charge in [0.1, 0.15) is 11.7 Å². The fourth-order valence-corrected chi connectivity index (χ4v) is 1.67. The van der Waals surface area contributed by atoms with Crippen molar-refractivity contribution in [2.24, 2.45) is 11.8 Å². The Morgan fingerprint density at radius 3 is 2.29 bits per heavy atom. The molecule has 1 saturated carbocycles. The van der Waals surface area contributed by atoms with Crippen LogP contribution < -0.4 is 0 Å². The van der Waals surface area contributed by atoms with Crippen molar-refractivity contribution in [2.45, 2.75) is 12.8 Å². The Morgan fingerprint density at radius 2 is 1.79 bits per heavy atom. The molecule has 2 atom stereocenters. The smallest absolute Gasteiger partial charge is 0.317 e. The van der Waals surface area contributed by atoms with Gasteiger partial charge >= 0.3 is 11.9 Å². The highest BCUT2D eigenvalue weighted by Crippen LogP contribution is 2.30. The molecule has 0 aromatic carbocycles. The first-order valence-electron chi connectivity index (χ1n) is 4.30. The Morgan fingerprint density at radius 1 is 1.21 bits per heavy atom. The number of carbonyl (C=O) groups is 3. The van der Waals surface area contributed by atoms with E-state index >= 15 is 0 Å². The van der Waals surface area contributed by atoms with Crippen molar-refractivity contribution >= 4 is 17.7 Å². The Kier molecular flexibility index (Phi) is 3.22. The van der Waals surface area contributed by atoms with Gasteiger partial charge in [0.05, 0.1) is 20.1 Å². The van der Waals surface area contributed by atoms with Crippen LogP contribution in [0.3, 0.4) is 0 Å². The van der Waals surface area contributed by atoms with Crippen LogP contribution in [0.25, 0.3) is 0 Å². The molecule has 1 fully saturated rings. The quantitative estimate of drug-likeness (QED) is 0.461. The molecule has 0 radical (unpaired) electrons. The molecule has 5 heteroatoms. The third kappa shape index (κ3) is 1.76. The van der Waals surface area contributed by atoms with Crippen molar-refractivity contribution in [1.29, 1.82) is 0 Å². The van der Waals surface area contributed by atoms with E-state index in [1.54, 1.807) is 0 Å². The fourth-order valence-electron chi connectivity index (χ4n) is 1.67. The lowest BCUT2D eigenvalue weighted by molar-refractivity contribution is -0.158. The van der Waals surface area contributed by atoms with E-state index in [1.807, 2.05) is 0 Å².